The Labute approximate surface area is 130 Å². The molecule has 1 heterocycles. The summed E-state index contributed by atoms with van der Waals surface area (Å²) >= 11 is 3.33. The SMILES string of the molecule is CCCNc1ncc(Br)c(NCc2ccc(F)cc2F)n1. The van der Waals surface area contributed by atoms with Crippen LogP contribution in [-0.4, -0.2) is 16.5 Å². The van der Waals surface area contributed by atoms with Crippen LogP contribution < -0.4 is 10.6 Å². The zero-order chi connectivity index (χ0) is 15.2. The highest BCUT2D eigenvalue weighted by molar-refractivity contribution is 9.10. The Morgan fingerprint density at radius 2 is 2.05 bits per heavy atom. The van der Waals surface area contributed by atoms with Crippen molar-refractivity contribution in [3.63, 3.8) is 0 Å². The molecule has 112 valence electrons. The lowest BCUT2D eigenvalue weighted by Gasteiger charge is -2.10. The Balaban J connectivity index is 2.08. The number of nitrogens with zero attached hydrogens (tertiary/aromatic N) is 2. The van der Waals surface area contributed by atoms with Crippen LogP contribution in [0, 0.1) is 11.6 Å². The molecule has 1 aromatic carbocycles. The van der Waals surface area contributed by atoms with Crippen LogP contribution in [-0.2, 0) is 6.54 Å². The highest BCUT2D eigenvalue weighted by Gasteiger charge is 2.07. The van der Waals surface area contributed by atoms with E-state index >= 15 is 0 Å². The quantitative estimate of drug-likeness (QED) is 0.822. The van der Waals surface area contributed by atoms with Crippen molar-refractivity contribution in [1.82, 2.24) is 9.97 Å². The standard InChI is InChI=1S/C14H15BrF2N4/c1-2-5-18-14-20-8-11(15)13(21-14)19-7-9-3-4-10(16)6-12(9)17/h3-4,6,8H,2,5,7H2,1H3,(H2,18,19,20,21). The summed E-state index contributed by atoms with van der Waals surface area (Å²) in [5.74, 6) is -0.128. The van der Waals surface area contributed by atoms with Crippen molar-refractivity contribution in [3.05, 3.63) is 46.1 Å². The fourth-order valence-electron chi connectivity index (χ4n) is 1.66. The molecule has 0 aliphatic rings. The summed E-state index contributed by atoms with van der Waals surface area (Å²) in [6, 6.07) is 3.49. The van der Waals surface area contributed by atoms with Gasteiger partial charge < -0.3 is 10.6 Å². The number of aromatic nitrogens is 2. The average Bonchev–Trinajstić information content (AvgIpc) is 2.46. The molecule has 0 bridgehead atoms. The van der Waals surface area contributed by atoms with Gasteiger partial charge in [-0.1, -0.05) is 13.0 Å². The second-order valence-electron chi connectivity index (χ2n) is 4.41. The molecule has 1 aromatic heterocycles. The zero-order valence-electron chi connectivity index (χ0n) is 11.5. The molecule has 0 saturated heterocycles. The van der Waals surface area contributed by atoms with Crippen molar-refractivity contribution in [2.45, 2.75) is 19.9 Å². The van der Waals surface area contributed by atoms with E-state index in [0.717, 1.165) is 19.0 Å². The summed E-state index contributed by atoms with van der Waals surface area (Å²) in [7, 11) is 0. The Morgan fingerprint density at radius 3 is 2.76 bits per heavy atom. The molecule has 0 amide bonds. The van der Waals surface area contributed by atoms with Crippen molar-refractivity contribution in [2.75, 3.05) is 17.2 Å². The maximum absolute atomic E-state index is 13.6. The van der Waals surface area contributed by atoms with E-state index in [0.29, 0.717) is 21.8 Å². The van der Waals surface area contributed by atoms with Crippen LogP contribution in [0.15, 0.2) is 28.9 Å². The maximum atomic E-state index is 13.6. The molecule has 21 heavy (non-hydrogen) atoms. The van der Waals surface area contributed by atoms with E-state index in [1.165, 1.54) is 12.1 Å². The second kappa shape index (κ2) is 7.31. The lowest BCUT2D eigenvalue weighted by Crippen LogP contribution is -2.08. The summed E-state index contributed by atoms with van der Waals surface area (Å²) in [6.45, 7) is 3.02. The van der Waals surface area contributed by atoms with Crippen LogP contribution in [0.1, 0.15) is 18.9 Å². The molecule has 0 atom stereocenters. The Hall–Kier alpha value is -1.76. The number of nitrogens with one attached hydrogen (secondary N) is 2. The molecule has 4 nitrogen and oxygen atoms in total. The van der Waals surface area contributed by atoms with Gasteiger partial charge in [0.05, 0.1) is 4.47 Å². The minimum Gasteiger partial charge on any atom is -0.365 e. The number of anilines is 2. The van der Waals surface area contributed by atoms with Crippen molar-refractivity contribution in [2.24, 2.45) is 0 Å². The van der Waals surface area contributed by atoms with Crippen LogP contribution in [0.5, 0.6) is 0 Å². The minimum atomic E-state index is -0.592. The summed E-state index contributed by atoms with van der Waals surface area (Å²) < 4.78 is 27.1. The molecule has 0 aliphatic heterocycles. The summed E-state index contributed by atoms with van der Waals surface area (Å²) in [6.07, 6.45) is 2.58. The normalized spacial score (nSPS) is 10.5. The number of benzene rings is 1. The van der Waals surface area contributed by atoms with Crippen molar-refractivity contribution < 1.29 is 8.78 Å². The zero-order valence-corrected chi connectivity index (χ0v) is 13.0. The van der Waals surface area contributed by atoms with Gasteiger partial charge in [-0.05, 0) is 28.4 Å². The van der Waals surface area contributed by atoms with Gasteiger partial charge in [-0.25, -0.2) is 13.8 Å². The lowest BCUT2D eigenvalue weighted by atomic mass is 10.2. The predicted octanol–water partition coefficient (Wildman–Crippen LogP) is 3.95. The van der Waals surface area contributed by atoms with Gasteiger partial charge in [-0.15, -0.1) is 0 Å². The van der Waals surface area contributed by atoms with E-state index in [2.05, 4.69) is 36.5 Å². The molecule has 7 heteroatoms. The van der Waals surface area contributed by atoms with Gasteiger partial charge in [0.2, 0.25) is 5.95 Å². The van der Waals surface area contributed by atoms with Crippen LogP contribution >= 0.6 is 15.9 Å². The average molecular weight is 357 g/mol. The molecule has 0 aliphatic carbocycles. The van der Waals surface area contributed by atoms with Crippen LogP contribution in [0.25, 0.3) is 0 Å². The van der Waals surface area contributed by atoms with E-state index < -0.39 is 11.6 Å². The first-order valence-corrected chi connectivity index (χ1v) is 7.33. The first-order chi connectivity index (χ1) is 10.1. The van der Waals surface area contributed by atoms with Crippen LogP contribution in [0.3, 0.4) is 0 Å². The Bertz CT molecular complexity index is 622. The van der Waals surface area contributed by atoms with Gasteiger partial charge in [-0.3, -0.25) is 0 Å². The van der Waals surface area contributed by atoms with E-state index in [1.54, 1.807) is 6.20 Å². The molecule has 0 saturated carbocycles. The second-order valence-corrected chi connectivity index (χ2v) is 5.26. The maximum Gasteiger partial charge on any atom is 0.224 e. The largest absolute Gasteiger partial charge is 0.365 e. The van der Waals surface area contributed by atoms with E-state index in [1.807, 2.05) is 6.92 Å². The first-order valence-electron chi connectivity index (χ1n) is 6.54. The van der Waals surface area contributed by atoms with Gasteiger partial charge in [-0.2, -0.15) is 4.98 Å². The molecule has 2 N–H and O–H groups in total. The van der Waals surface area contributed by atoms with Crippen molar-refractivity contribution >= 4 is 27.7 Å². The molecule has 0 unspecified atom stereocenters. The third kappa shape index (κ3) is 4.35. The van der Waals surface area contributed by atoms with Crippen LogP contribution in [0.4, 0.5) is 20.5 Å². The third-order valence-electron chi connectivity index (χ3n) is 2.74. The summed E-state index contributed by atoms with van der Waals surface area (Å²) in [5, 5.41) is 6.08. The molecule has 2 aromatic rings. The van der Waals surface area contributed by atoms with E-state index in [9.17, 15) is 8.78 Å². The molecular weight excluding hydrogens is 342 g/mol. The van der Waals surface area contributed by atoms with Gasteiger partial charge in [0.15, 0.2) is 0 Å². The third-order valence-corrected chi connectivity index (χ3v) is 3.32. The monoisotopic (exact) mass is 356 g/mol. The molecule has 0 radical (unpaired) electrons. The highest BCUT2D eigenvalue weighted by Crippen LogP contribution is 2.21. The van der Waals surface area contributed by atoms with E-state index in [-0.39, 0.29) is 6.54 Å². The number of rotatable bonds is 6. The molecule has 2 rings (SSSR count). The number of halogens is 3. The summed E-state index contributed by atoms with van der Waals surface area (Å²) in [4.78, 5) is 8.42. The topological polar surface area (TPSA) is 49.8 Å². The predicted molar refractivity (Wildman–Crippen MR) is 82.2 cm³/mol. The first kappa shape index (κ1) is 15.6. The fraction of sp³-hybridized carbons (Fsp3) is 0.286. The van der Waals surface area contributed by atoms with Crippen molar-refractivity contribution in [3.8, 4) is 0 Å². The van der Waals surface area contributed by atoms with Gasteiger partial charge in [0.1, 0.15) is 17.5 Å². The highest BCUT2D eigenvalue weighted by atomic mass is 79.9. The molecule has 0 spiro atoms. The minimum absolute atomic E-state index is 0.203. The number of hydrogen-bond donors (Lipinski definition) is 2. The fourth-order valence-corrected chi connectivity index (χ4v) is 1.99. The number of hydrogen-bond acceptors (Lipinski definition) is 4. The van der Waals surface area contributed by atoms with Gasteiger partial charge in [0.25, 0.3) is 0 Å². The van der Waals surface area contributed by atoms with Crippen LogP contribution in [0.2, 0.25) is 0 Å². The Kier molecular flexibility index (Phi) is 5.44. The van der Waals surface area contributed by atoms with Gasteiger partial charge >= 0.3 is 0 Å². The van der Waals surface area contributed by atoms with Gasteiger partial charge in [0, 0.05) is 30.9 Å². The van der Waals surface area contributed by atoms with Crippen molar-refractivity contribution in [1.29, 1.82) is 0 Å². The van der Waals surface area contributed by atoms with E-state index in [4.69, 9.17) is 0 Å². The lowest BCUT2D eigenvalue weighted by molar-refractivity contribution is 0.574. The smallest absolute Gasteiger partial charge is 0.224 e. The molecule has 0 fully saturated rings. The Morgan fingerprint density at radius 1 is 1.24 bits per heavy atom. The molecular formula is C14H15BrF2N4. The summed E-state index contributed by atoms with van der Waals surface area (Å²) in [5.41, 5.74) is 0.366.